The summed E-state index contributed by atoms with van der Waals surface area (Å²) in [5, 5.41) is 26.9. The van der Waals surface area contributed by atoms with Gasteiger partial charge in [-0.25, -0.2) is 4.79 Å². The summed E-state index contributed by atoms with van der Waals surface area (Å²) in [6.07, 6.45) is 0. The van der Waals surface area contributed by atoms with E-state index in [2.05, 4.69) is 4.98 Å². The second-order valence-electron chi connectivity index (χ2n) is 3.98. The van der Waals surface area contributed by atoms with E-state index in [1.54, 1.807) is 31.2 Å². The molecule has 2 rings (SSSR count). The maximum Gasteiger partial charge on any atom is 0.339 e. The molecule has 0 atom stereocenters. The van der Waals surface area contributed by atoms with Gasteiger partial charge < -0.3 is 10.1 Å². The molecule has 0 spiro atoms. The van der Waals surface area contributed by atoms with Crippen molar-refractivity contribution in [2.24, 2.45) is 0 Å². The van der Waals surface area contributed by atoms with Crippen molar-refractivity contribution in [3.05, 3.63) is 46.8 Å². The fourth-order valence-corrected chi connectivity index (χ4v) is 1.99. The van der Waals surface area contributed by atoms with Gasteiger partial charge in [-0.15, -0.1) is 0 Å². The molecule has 0 amide bonds. The van der Waals surface area contributed by atoms with Crippen LogP contribution in [-0.4, -0.2) is 16.1 Å². The molecule has 0 radical (unpaired) electrons. The second-order valence-corrected chi connectivity index (χ2v) is 3.98. The highest BCUT2D eigenvalue weighted by Gasteiger charge is 2.21. The van der Waals surface area contributed by atoms with Gasteiger partial charge in [-0.05, 0) is 24.6 Å². The molecule has 92 valence electrons. The summed E-state index contributed by atoms with van der Waals surface area (Å²) in [7, 11) is 0. The van der Waals surface area contributed by atoms with Gasteiger partial charge in [0, 0.05) is 11.3 Å². The van der Waals surface area contributed by atoms with Crippen molar-refractivity contribution in [2.75, 3.05) is 0 Å². The van der Waals surface area contributed by atoms with Crippen LogP contribution in [0.2, 0.25) is 0 Å². The molecule has 0 unspecified atom stereocenters. The quantitative estimate of drug-likeness (QED) is 0.855. The van der Waals surface area contributed by atoms with E-state index in [4.69, 9.17) is 10.5 Å². The van der Waals surface area contributed by atoms with Crippen LogP contribution in [0.4, 0.5) is 0 Å². The van der Waals surface area contributed by atoms with Gasteiger partial charge in [-0.2, -0.15) is 10.5 Å². The highest BCUT2D eigenvalue weighted by molar-refractivity contribution is 5.99. The molecule has 0 aliphatic carbocycles. The number of aromatic amines is 1. The predicted octanol–water partition coefficient (Wildman–Crippen LogP) is 2.43. The van der Waals surface area contributed by atoms with E-state index in [0.29, 0.717) is 22.4 Å². The number of aryl methyl sites for hydroxylation is 1. The Bertz CT molecular complexity index is 728. The first-order chi connectivity index (χ1) is 9.08. The van der Waals surface area contributed by atoms with Gasteiger partial charge in [0.25, 0.3) is 0 Å². The first kappa shape index (κ1) is 12.4. The Kier molecular flexibility index (Phi) is 3.05. The van der Waals surface area contributed by atoms with Gasteiger partial charge in [0.2, 0.25) is 0 Å². The topological polar surface area (TPSA) is 101 Å². The number of hydrogen-bond donors (Lipinski definition) is 2. The molecule has 5 heteroatoms. The Morgan fingerprint density at radius 3 is 2.32 bits per heavy atom. The third kappa shape index (κ3) is 2.05. The maximum absolute atomic E-state index is 11.3. The van der Waals surface area contributed by atoms with E-state index in [1.807, 2.05) is 12.1 Å². The molecule has 2 N–H and O–H groups in total. The number of aromatic carboxylic acids is 1. The number of benzene rings is 1. The average molecular weight is 251 g/mol. The third-order valence-electron chi connectivity index (χ3n) is 2.82. The van der Waals surface area contributed by atoms with E-state index >= 15 is 0 Å². The molecule has 0 aliphatic rings. The predicted molar refractivity (Wildman–Crippen MR) is 67.4 cm³/mol. The van der Waals surface area contributed by atoms with Crippen molar-refractivity contribution in [1.29, 1.82) is 10.5 Å². The molecular formula is C14H9N3O2. The molecule has 0 fully saturated rings. The van der Waals surface area contributed by atoms with Gasteiger partial charge in [0.05, 0.1) is 11.6 Å². The van der Waals surface area contributed by atoms with Crippen LogP contribution in [0.5, 0.6) is 0 Å². The summed E-state index contributed by atoms with van der Waals surface area (Å²) in [5.41, 5.74) is 2.24. The highest BCUT2D eigenvalue weighted by Crippen LogP contribution is 2.30. The summed E-state index contributed by atoms with van der Waals surface area (Å²) in [6, 6.07) is 10.4. The fraction of sp³-hybridized carbons (Fsp3) is 0.0714. The molecule has 1 aromatic carbocycles. The Labute approximate surface area is 109 Å². The third-order valence-corrected chi connectivity index (χ3v) is 2.82. The summed E-state index contributed by atoms with van der Waals surface area (Å²) in [4.78, 5) is 14.1. The number of carbonyl (C=O) groups is 1. The molecule has 0 saturated carbocycles. The molecule has 1 aromatic heterocycles. The lowest BCUT2D eigenvalue weighted by Gasteiger charge is -2.03. The van der Waals surface area contributed by atoms with Crippen molar-refractivity contribution in [3.8, 4) is 23.3 Å². The number of nitriles is 2. The SMILES string of the molecule is Cc1[nH]c(C#N)c(C(=O)O)c1-c1ccc(C#N)cc1. The van der Waals surface area contributed by atoms with E-state index < -0.39 is 5.97 Å². The zero-order valence-corrected chi connectivity index (χ0v) is 10.1. The molecule has 0 bridgehead atoms. The number of aromatic nitrogens is 1. The van der Waals surface area contributed by atoms with Crippen LogP contribution < -0.4 is 0 Å². The van der Waals surface area contributed by atoms with Crippen molar-refractivity contribution in [2.45, 2.75) is 6.92 Å². The highest BCUT2D eigenvalue weighted by atomic mass is 16.4. The Morgan fingerprint density at radius 2 is 1.84 bits per heavy atom. The molecular weight excluding hydrogens is 242 g/mol. The molecule has 2 aromatic rings. The zero-order valence-electron chi connectivity index (χ0n) is 10.1. The summed E-state index contributed by atoms with van der Waals surface area (Å²) < 4.78 is 0. The minimum absolute atomic E-state index is 0.0318. The van der Waals surface area contributed by atoms with Crippen LogP contribution in [0, 0.1) is 29.6 Å². The summed E-state index contributed by atoms with van der Waals surface area (Å²) in [5.74, 6) is -1.15. The number of nitrogens with zero attached hydrogens (tertiary/aromatic N) is 2. The Hall–Kier alpha value is -3.05. The number of nitrogens with one attached hydrogen (secondary N) is 1. The van der Waals surface area contributed by atoms with Crippen LogP contribution in [0.25, 0.3) is 11.1 Å². The number of H-pyrrole nitrogens is 1. The van der Waals surface area contributed by atoms with Gasteiger partial charge in [-0.1, -0.05) is 12.1 Å². The second kappa shape index (κ2) is 4.67. The van der Waals surface area contributed by atoms with Crippen molar-refractivity contribution in [3.63, 3.8) is 0 Å². The first-order valence-corrected chi connectivity index (χ1v) is 5.45. The van der Waals surface area contributed by atoms with Crippen LogP contribution in [-0.2, 0) is 0 Å². The lowest BCUT2D eigenvalue weighted by molar-refractivity contribution is 0.0697. The van der Waals surface area contributed by atoms with Crippen LogP contribution in [0.3, 0.4) is 0 Å². The molecule has 0 saturated heterocycles. The zero-order chi connectivity index (χ0) is 14.0. The minimum atomic E-state index is -1.15. The number of carboxylic acid groups (broad SMARTS) is 1. The molecule has 5 nitrogen and oxygen atoms in total. The summed E-state index contributed by atoms with van der Waals surface area (Å²) in [6.45, 7) is 1.71. The Morgan fingerprint density at radius 1 is 1.21 bits per heavy atom. The monoisotopic (exact) mass is 251 g/mol. The average Bonchev–Trinajstić information content (AvgIpc) is 2.76. The van der Waals surface area contributed by atoms with Crippen LogP contribution in [0.15, 0.2) is 24.3 Å². The number of hydrogen-bond acceptors (Lipinski definition) is 3. The standard InChI is InChI=1S/C14H9N3O2/c1-8-12(10-4-2-9(6-15)3-5-10)13(14(18)19)11(7-16)17-8/h2-5,17H,1H3,(H,18,19). The van der Waals surface area contributed by atoms with Gasteiger partial charge in [0.15, 0.2) is 0 Å². The van der Waals surface area contributed by atoms with Crippen molar-refractivity contribution in [1.82, 2.24) is 4.98 Å². The minimum Gasteiger partial charge on any atom is -0.478 e. The largest absolute Gasteiger partial charge is 0.478 e. The van der Waals surface area contributed by atoms with E-state index in [0.717, 1.165) is 0 Å². The smallest absolute Gasteiger partial charge is 0.339 e. The Balaban J connectivity index is 2.68. The molecule has 19 heavy (non-hydrogen) atoms. The van der Waals surface area contributed by atoms with E-state index in [9.17, 15) is 9.90 Å². The van der Waals surface area contributed by atoms with Crippen molar-refractivity contribution < 1.29 is 9.90 Å². The van der Waals surface area contributed by atoms with Gasteiger partial charge in [0.1, 0.15) is 17.3 Å². The van der Waals surface area contributed by atoms with Gasteiger partial charge >= 0.3 is 5.97 Å². The maximum atomic E-state index is 11.3. The fourth-order valence-electron chi connectivity index (χ4n) is 1.99. The van der Waals surface area contributed by atoms with Crippen LogP contribution in [0.1, 0.15) is 27.3 Å². The normalized spacial score (nSPS) is 9.63. The lowest BCUT2D eigenvalue weighted by atomic mass is 9.99. The lowest BCUT2D eigenvalue weighted by Crippen LogP contribution is -1.99. The van der Waals surface area contributed by atoms with Crippen LogP contribution >= 0.6 is 0 Å². The summed E-state index contributed by atoms with van der Waals surface area (Å²) >= 11 is 0. The van der Waals surface area contributed by atoms with Crippen molar-refractivity contribution >= 4 is 5.97 Å². The van der Waals surface area contributed by atoms with Gasteiger partial charge in [-0.3, -0.25) is 0 Å². The first-order valence-electron chi connectivity index (χ1n) is 5.45. The van der Waals surface area contributed by atoms with E-state index in [1.165, 1.54) is 0 Å². The number of carboxylic acids is 1. The molecule has 0 aliphatic heterocycles. The number of rotatable bonds is 2. The van der Waals surface area contributed by atoms with E-state index in [-0.39, 0.29) is 11.3 Å². The molecule has 1 heterocycles.